The van der Waals surface area contributed by atoms with Crippen LogP contribution in [-0.2, 0) is 11.2 Å². The van der Waals surface area contributed by atoms with Gasteiger partial charge in [0.1, 0.15) is 0 Å². The Bertz CT molecular complexity index is 737. The van der Waals surface area contributed by atoms with Gasteiger partial charge in [-0.3, -0.25) is 4.79 Å². The number of hydrogen-bond acceptors (Lipinski definition) is 4. The number of carbonyl (C=O) groups is 1. The maximum absolute atomic E-state index is 12.8. The molecule has 1 heterocycles. The molecule has 1 amide bonds. The van der Waals surface area contributed by atoms with Crippen LogP contribution in [0.2, 0.25) is 0 Å². The molecular formula is C20H29N3OS. The smallest absolute Gasteiger partial charge is 0.227 e. The predicted molar refractivity (Wildman–Crippen MR) is 106 cm³/mol. The minimum absolute atomic E-state index is 0.180. The Labute approximate surface area is 155 Å². The van der Waals surface area contributed by atoms with E-state index in [0.29, 0.717) is 6.42 Å². The number of carbonyl (C=O) groups excluding carboxylic acids is 1. The minimum atomic E-state index is 0.180. The van der Waals surface area contributed by atoms with Crippen molar-refractivity contribution in [1.82, 2.24) is 14.8 Å². The molecule has 4 nitrogen and oxygen atoms in total. The zero-order chi connectivity index (χ0) is 18.6. The highest BCUT2D eigenvalue weighted by molar-refractivity contribution is 7.12. The predicted octanol–water partition coefficient (Wildman–Crippen LogP) is 3.69. The summed E-state index contributed by atoms with van der Waals surface area (Å²) >= 11 is 1.64. The van der Waals surface area contributed by atoms with Crippen molar-refractivity contribution >= 4 is 17.2 Å². The summed E-state index contributed by atoms with van der Waals surface area (Å²) in [4.78, 5) is 22.6. The zero-order valence-electron chi connectivity index (χ0n) is 16.2. The average molecular weight is 360 g/mol. The Kier molecular flexibility index (Phi) is 6.73. The van der Waals surface area contributed by atoms with Crippen molar-refractivity contribution in [2.45, 2.75) is 34.1 Å². The maximum atomic E-state index is 12.8. The van der Waals surface area contributed by atoms with Crippen LogP contribution in [0.1, 0.15) is 27.9 Å². The highest BCUT2D eigenvalue weighted by atomic mass is 32.1. The van der Waals surface area contributed by atoms with E-state index >= 15 is 0 Å². The van der Waals surface area contributed by atoms with Gasteiger partial charge in [0.25, 0.3) is 0 Å². The molecule has 2 aromatic rings. The van der Waals surface area contributed by atoms with Crippen LogP contribution in [0.5, 0.6) is 0 Å². The largest absolute Gasteiger partial charge is 0.341 e. The summed E-state index contributed by atoms with van der Waals surface area (Å²) in [5, 5.41) is 1.01. The Morgan fingerprint density at radius 1 is 1.16 bits per heavy atom. The van der Waals surface area contributed by atoms with Crippen molar-refractivity contribution in [3.05, 3.63) is 39.2 Å². The van der Waals surface area contributed by atoms with Crippen LogP contribution < -0.4 is 0 Å². The molecule has 0 aliphatic carbocycles. The van der Waals surface area contributed by atoms with Crippen molar-refractivity contribution in [2.24, 2.45) is 0 Å². The van der Waals surface area contributed by atoms with Crippen LogP contribution in [0.3, 0.4) is 0 Å². The number of amides is 1. The fourth-order valence-electron chi connectivity index (χ4n) is 2.82. The minimum Gasteiger partial charge on any atom is -0.341 e. The summed E-state index contributed by atoms with van der Waals surface area (Å²) in [6, 6.07) is 6.41. The molecule has 0 aliphatic rings. The van der Waals surface area contributed by atoms with Gasteiger partial charge in [-0.05, 0) is 53.4 Å². The monoisotopic (exact) mass is 359 g/mol. The molecule has 5 heteroatoms. The molecular weight excluding hydrogens is 330 g/mol. The third kappa shape index (κ3) is 5.13. The zero-order valence-corrected chi connectivity index (χ0v) is 17.0. The number of nitrogens with zero attached hydrogens (tertiary/aromatic N) is 3. The Morgan fingerprint density at radius 2 is 1.88 bits per heavy atom. The Balaban J connectivity index is 2.25. The molecule has 0 saturated heterocycles. The third-order valence-electron chi connectivity index (χ3n) is 4.32. The van der Waals surface area contributed by atoms with Crippen LogP contribution in [0.4, 0.5) is 0 Å². The van der Waals surface area contributed by atoms with Gasteiger partial charge in [-0.15, -0.1) is 11.3 Å². The highest BCUT2D eigenvalue weighted by Gasteiger charge is 2.19. The number of hydrogen-bond donors (Lipinski definition) is 0. The molecule has 0 bridgehead atoms. The van der Waals surface area contributed by atoms with Crippen molar-refractivity contribution < 1.29 is 4.79 Å². The van der Waals surface area contributed by atoms with E-state index < -0.39 is 0 Å². The molecule has 0 spiro atoms. The fourth-order valence-corrected chi connectivity index (χ4v) is 3.76. The lowest BCUT2D eigenvalue weighted by Crippen LogP contribution is -2.37. The number of benzene rings is 1. The summed E-state index contributed by atoms with van der Waals surface area (Å²) in [6.07, 6.45) is 0.426. The van der Waals surface area contributed by atoms with E-state index in [1.807, 2.05) is 32.8 Å². The summed E-state index contributed by atoms with van der Waals surface area (Å²) in [5.74, 6) is 0.180. The lowest BCUT2D eigenvalue weighted by atomic mass is 10.0. The molecule has 136 valence electrons. The first kappa shape index (κ1) is 19.6. The van der Waals surface area contributed by atoms with Gasteiger partial charge in [-0.25, -0.2) is 4.98 Å². The standard InChI is InChI=1S/C20H29N3OS/c1-7-23(11-10-22(5)6)19(24)13-18-20(21-16(4)25-18)17-12-14(2)8-9-15(17)3/h8-9,12H,7,10-11,13H2,1-6H3. The lowest BCUT2D eigenvalue weighted by Gasteiger charge is -2.22. The quantitative estimate of drug-likeness (QED) is 0.756. The second-order valence-electron chi connectivity index (χ2n) is 6.78. The molecule has 1 aromatic heterocycles. The molecule has 0 fully saturated rings. The first-order valence-electron chi connectivity index (χ1n) is 8.78. The van der Waals surface area contributed by atoms with E-state index in [1.165, 1.54) is 11.1 Å². The van der Waals surface area contributed by atoms with E-state index in [0.717, 1.165) is 40.8 Å². The van der Waals surface area contributed by atoms with E-state index in [1.54, 1.807) is 11.3 Å². The van der Waals surface area contributed by atoms with E-state index in [-0.39, 0.29) is 5.91 Å². The summed E-state index contributed by atoms with van der Waals surface area (Å²) in [7, 11) is 4.06. The summed E-state index contributed by atoms with van der Waals surface area (Å²) in [6.45, 7) is 10.6. The molecule has 25 heavy (non-hydrogen) atoms. The molecule has 0 N–H and O–H groups in total. The van der Waals surface area contributed by atoms with Crippen LogP contribution in [0.15, 0.2) is 18.2 Å². The number of likely N-dealkylation sites (N-methyl/N-ethyl adjacent to an activating group) is 2. The van der Waals surface area contributed by atoms with Crippen LogP contribution in [-0.4, -0.2) is 54.4 Å². The number of aromatic nitrogens is 1. The Hall–Kier alpha value is -1.72. The third-order valence-corrected chi connectivity index (χ3v) is 5.29. The topological polar surface area (TPSA) is 36.4 Å². The molecule has 0 atom stereocenters. The highest BCUT2D eigenvalue weighted by Crippen LogP contribution is 2.31. The van der Waals surface area contributed by atoms with Gasteiger partial charge in [0.15, 0.2) is 0 Å². The lowest BCUT2D eigenvalue weighted by molar-refractivity contribution is -0.130. The van der Waals surface area contributed by atoms with Crippen molar-refractivity contribution in [1.29, 1.82) is 0 Å². The van der Waals surface area contributed by atoms with Crippen molar-refractivity contribution in [3.8, 4) is 11.3 Å². The molecule has 0 unspecified atom stereocenters. The number of aryl methyl sites for hydroxylation is 3. The first-order valence-corrected chi connectivity index (χ1v) is 9.60. The summed E-state index contributed by atoms with van der Waals surface area (Å²) < 4.78 is 0. The van der Waals surface area contributed by atoms with Crippen molar-refractivity contribution in [3.63, 3.8) is 0 Å². The molecule has 0 radical (unpaired) electrons. The van der Waals surface area contributed by atoms with E-state index in [9.17, 15) is 4.79 Å². The Morgan fingerprint density at radius 3 is 2.52 bits per heavy atom. The van der Waals surface area contributed by atoms with E-state index in [4.69, 9.17) is 4.98 Å². The normalized spacial score (nSPS) is 11.2. The SMILES string of the molecule is CCN(CCN(C)C)C(=O)Cc1sc(C)nc1-c1cc(C)ccc1C. The van der Waals surface area contributed by atoms with Crippen molar-refractivity contribution in [2.75, 3.05) is 33.7 Å². The summed E-state index contributed by atoms with van der Waals surface area (Å²) in [5.41, 5.74) is 4.53. The van der Waals surface area contributed by atoms with Gasteiger partial charge in [-0.2, -0.15) is 0 Å². The van der Waals surface area contributed by atoms with Gasteiger partial charge in [0, 0.05) is 30.1 Å². The van der Waals surface area contributed by atoms with Gasteiger partial charge in [-0.1, -0.05) is 17.7 Å². The molecule has 2 rings (SSSR count). The van der Waals surface area contributed by atoms with Crippen LogP contribution in [0, 0.1) is 20.8 Å². The van der Waals surface area contributed by atoms with Crippen LogP contribution >= 0.6 is 11.3 Å². The van der Waals surface area contributed by atoms with Gasteiger partial charge in [0.05, 0.1) is 17.1 Å². The maximum Gasteiger partial charge on any atom is 0.227 e. The van der Waals surface area contributed by atoms with Gasteiger partial charge in [0.2, 0.25) is 5.91 Å². The number of rotatable bonds is 7. The fraction of sp³-hybridized carbons (Fsp3) is 0.500. The van der Waals surface area contributed by atoms with Gasteiger partial charge < -0.3 is 9.80 Å². The molecule has 0 saturated carbocycles. The molecule has 1 aromatic carbocycles. The van der Waals surface area contributed by atoms with Gasteiger partial charge >= 0.3 is 0 Å². The first-order chi connectivity index (χ1) is 11.8. The average Bonchev–Trinajstić information content (AvgIpc) is 2.90. The molecule has 0 aliphatic heterocycles. The van der Waals surface area contributed by atoms with Crippen LogP contribution in [0.25, 0.3) is 11.3 Å². The second-order valence-corrected chi connectivity index (χ2v) is 8.06. The van der Waals surface area contributed by atoms with E-state index in [2.05, 4.69) is 36.9 Å². The number of thiazole rings is 1. The second kappa shape index (κ2) is 8.59.